The normalized spacial score (nSPS) is 11.8. The van der Waals surface area contributed by atoms with Crippen molar-refractivity contribution in [3.63, 3.8) is 0 Å². The van der Waals surface area contributed by atoms with E-state index in [9.17, 15) is 4.79 Å². The first kappa shape index (κ1) is 17.0. The molecular formula is C18H23N3O2. The number of carbonyl (C=O) groups excluding carboxylic acids is 1. The second-order valence-corrected chi connectivity index (χ2v) is 5.60. The van der Waals surface area contributed by atoms with Crippen LogP contribution in [0.5, 0.6) is 11.6 Å². The molecule has 0 bridgehead atoms. The molecule has 2 N–H and O–H groups in total. The molecule has 0 aliphatic carbocycles. The topological polar surface area (TPSA) is 63.2 Å². The average molecular weight is 313 g/mol. The summed E-state index contributed by atoms with van der Waals surface area (Å²) in [6, 6.07) is 9.43. The van der Waals surface area contributed by atoms with Gasteiger partial charge in [0.15, 0.2) is 0 Å². The van der Waals surface area contributed by atoms with Crippen molar-refractivity contribution in [3.8, 4) is 11.6 Å². The molecule has 5 heteroatoms. The number of benzene rings is 1. The van der Waals surface area contributed by atoms with Crippen molar-refractivity contribution in [1.29, 1.82) is 0 Å². The highest BCUT2D eigenvalue weighted by atomic mass is 16.5. The van der Waals surface area contributed by atoms with Gasteiger partial charge in [0, 0.05) is 18.7 Å². The molecule has 122 valence electrons. The van der Waals surface area contributed by atoms with Gasteiger partial charge < -0.3 is 15.4 Å². The van der Waals surface area contributed by atoms with E-state index in [1.54, 1.807) is 18.3 Å². The summed E-state index contributed by atoms with van der Waals surface area (Å²) in [5.74, 6) is 0.917. The van der Waals surface area contributed by atoms with E-state index in [2.05, 4.69) is 15.6 Å². The Morgan fingerprint density at radius 2 is 2.04 bits per heavy atom. The molecule has 23 heavy (non-hydrogen) atoms. The fourth-order valence-corrected chi connectivity index (χ4v) is 2.16. The minimum absolute atomic E-state index is 0.0711. The second kappa shape index (κ2) is 7.74. The summed E-state index contributed by atoms with van der Waals surface area (Å²) < 4.78 is 5.92. The molecule has 1 atom stereocenters. The molecular weight excluding hydrogens is 290 g/mol. The Kier molecular flexibility index (Phi) is 5.71. The molecule has 0 aliphatic heterocycles. The molecule has 1 heterocycles. The molecule has 1 unspecified atom stereocenters. The molecule has 0 fully saturated rings. The minimum atomic E-state index is -0.145. The number of rotatable bonds is 6. The number of nitrogens with zero attached hydrogens (tertiary/aromatic N) is 1. The summed E-state index contributed by atoms with van der Waals surface area (Å²) in [7, 11) is 1.82. The average Bonchev–Trinajstić information content (AvgIpc) is 2.53. The molecule has 1 amide bonds. The lowest BCUT2D eigenvalue weighted by Crippen LogP contribution is -2.28. The van der Waals surface area contributed by atoms with Gasteiger partial charge in [-0.1, -0.05) is 19.1 Å². The van der Waals surface area contributed by atoms with Gasteiger partial charge in [-0.2, -0.15) is 0 Å². The Labute approximate surface area is 137 Å². The van der Waals surface area contributed by atoms with Crippen molar-refractivity contribution in [3.05, 3.63) is 47.7 Å². The van der Waals surface area contributed by atoms with Crippen molar-refractivity contribution < 1.29 is 9.53 Å². The lowest BCUT2D eigenvalue weighted by atomic mass is 10.1. The zero-order chi connectivity index (χ0) is 16.8. The third-order valence-corrected chi connectivity index (χ3v) is 3.75. The zero-order valence-electron chi connectivity index (χ0n) is 14.0. The first-order valence-electron chi connectivity index (χ1n) is 7.67. The number of pyridine rings is 1. The summed E-state index contributed by atoms with van der Waals surface area (Å²) in [5, 5.41) is 5.88. The number of nitrogens with one attached hydrogen (secondary N) is 2. The van der Waals surface area contributed by atoms with Gasteiger partial charge in [0.05, 0.1) is 0 Å². The van der Waals surface area contributed by atoms with Gasteiger partial charge in [-0.05, 0) is 50.2 Å². The lowest BCUT2D eigenvalue weighted by Gasteiger charge is -2.15. The molecule has 0 saturated carbocycles. The smallest absolute Gasteiger partial charge is 0.243 e. The Hall–Kier alpha value is -2.40. The molecule has 1 aromatic carbocycles. The number of hydrogen-bond donors (Lipinski definition) is 2. The number of hydrogen-bond acceptors (Lipinski definition) is 4. The quantitative estimate of drug-likeness (QED) is 0.859. The van der Waals surface area contributed by atoms with Gasteiger partial charge in [0.25, 0.3) is 0 Å². The summed E-state index contributed by atoms with van der Waals surface area (Å²) in [6.45, 7) is 6.51. The van der Waals surface area contributed by atoms with Gasteiger partial charge >= 0.3 is 0 Å². The number of aryl methyl sites for hydroxylation is 1. The van der Waals surface area contributed by atoms with E-state index in [1.807, 2.05) is 46.0 Å². The predicted molar refractivity (Wildman–Crippen MR) is 91.9 cm³/mol. The van der Waals surface area contributed by atoms with E-state index in [0.29, 0.717) is 18.1 Å². The van der Waals surface area contributed by atoms with Crippen LogP contribution in [0, 0.1) is 19.8 Å². The van der Waals surface area contributed by atoms with Crippen LogP contribution >= 0.6 is 0 Å². The van der Waals surface area contributed by atoms with Crippen LogP contribution in [0.4, 0.5) is 5.69 Å². The molecule has 0 aliphatic rings. The Balaban J connectivity index is 2.21. The summed E-state index contributed by atoms with van der Waals surface area (Å²) in [6.07, 6.45) is 1.65. The van der Waals surface area contributed by atoms with E-state index in [4.69, 9.17) is 4.74 Å². The van der Waals surface area contributed by atoms with Gasteiger partial charge in [0.1, 0.15) is 11.4 Å². The third-order valence-electron chi connectivity index (χ3n) is 3.75. The number of ether oxygens (including phenoxy) is 1. The maximum absolute atomic E-state index is 12.2. The number of aromatic nitrogens is 1. The van der Waals surface area contributed by atoms with Crippen LogP contribution in [0.15, 0.2) is 36.5 Å². The molecule has 0 radical (unpaired) electrons. The number of amides is 1. The fraction of sp³-hybridized carbons (Fsp3) is 0.333. The Morgan fingerprint density at radius 1 is 1.26 bits per heavy atom. The largest absolute Gasteiger partial charge is 0.437 e. The van der Waals surface area contributed by atoms with Crippen LogP contribution in [-0.4, -0.2) is 24.5 Å². The highest BCUT2D eigenvalue weighted by molar-refractivity contribution is 5.93. The van der Waals surface area contributed by atoms with E-state index < -0.39 is 0 Å². The maximum Gasteiger partial charge on any atom is 0.243 e. The van der Waals surface area contributed by atoms with E-state index >= 15 is 0 Å². The highest BCUT2D eigenvalue weighted by Crippen LogP contribution is 2.30. The Bertz CT molecular complexity index is 686. The molecule has 2 aromatic rings. The number of anilines is 1. The third kappa shape index (κ3) is 4.29. The van der Waals surface area contributed by atoms with Crippen molar-refractivity contribution >= 4 is 11.6 Å². The van der Waals surface area contributed by atoms with Crippen molar-refractivity contribution in [1.82, 2.24) is 10.3 Å². The van der Waals surface area contributed by atoms with Gasteiger partial charge in [0.2, 0.25) is 11.8 Å². The van der Waals surface area contributed by atoms with Gasteiger partial charge in [-0.25, -0.2) is 4.98 Å². The molecule has 5 nitrogen and oxygen atoms in total. The van der Waals surface area contributed by atoms with Gasteiger partial charge in [-0.3, -0.25) is 4.79 Å². The Morgan fingerprint density at radius 3 is 2.78 bits per heavy atom. The van der Waals surface area contributed by atoms with Crippen LogP contribution in [0.1, 0.15) is 18.1 Å². The van der Waals surface area contributed by atoms with Crippen molar-refractivity contribution in [2.75, 3.05) is 18.9 Å². The zero-order valence-corrected chi connectivity index (χ0v) is 14.0. The van der Waals surface area contributed by atoms with Crippen LogP contribution in [0.2, 0.25) is 0 Å². The van der Waals surface area contributed by atoms with Crippen LogP contribution in [0.25, 0.3) is 0 Å². The highest BCUT2D eigenvalue weighted by Gasteiger charge is 2.15. The molecule has 0 saturated heterocycles. The van der Waals surface area contributed by atoms with Crippen LogP contribution in [0.3, 0.4) is 0 Å². The molecule has 0 spiro atoms. The van der Waals surface area contributed by atoms with Crippen LogP contribution in [-0.2, 0) is 4.79 Å². The van der Waals surface area contributed by atoms with Crippen molar-refractivity contribution in [2.24, 2.45) is 5.92 Å². The molecule has 1 aromatic heterocycles. The van der Waals surface area contributed by atoms with E-state index in [-0.39, 0.29) is 11.8 Å². The predicted octanol–water partition coefficient (Wildman–Crippen LogP) is 3.28. The van der Waals surface area contributed by atoms with Crippen LogP contribution < -0.4 is 15.4 Å². The maximum atomic E-state index is 12.2. The summed E-state index contributed by atoms with van der Waals surface area (Å²) >= 11 is 0. The van der Waals surface area contributed by atoms with Gasteiger partial charge in [-0.15, -0.1) is 0 Å². The van der Waals surface area contributed by atoms with Crippen molar-refractivity contribution in [2.45, 2.75) is 20.8 Å². The van der Waals surface area contributed by atoms with E-state index in [1.165, 1.54) is 0 Å². The standard InChI is InChI=1S/C18H23N3O2/c1-12-7-5-9-16(14(12)3)23-18-15(8-6-10-20-18)21-17(22)13(2)11-19-4/h5-10,13,19H,11H2,1-4H3,(H,21,22). The van der Waals surface area contributed by atoms with E-state index in [0.717, 1.165) is 16.9 Å². The molecule has 2 rings (SSSR count). The fourth-order valence-electron chi connectivity index (χ4n) is 2.16. The monoisotopic (exact) mass is 313 g/mol. The summed E-state index contributed by atoms with van der Waals surface area (Å²) in [4.78, 5) is 16.4. The number of carbonyl (C=O) groups is 1. The first-order valence-corrected chi connectivity index (χ1v) is 7.67. The SMILES string of the molecule is CNCC(C)C(=O)Nc1cccnc1Oc1cccc(C)c1C. The minimum Gasteiger partial charge on any atom is -0.437 e. The lowest BCUT2D eigenvalue weighted by molar-refractivity contribution is -0.119. The first-order chi connectivity index (χ1) is 11.0. The second-order valence-electron chi connectivity index (χ2n) is 5.60. The summed E-state index contributed by atoms with van der Waals surface area (Å²) in [5.41, 5.74) is 2.77.